The molecule has 0 aromatic heterocycles. The minimum absolute atomic E-state index is 0.0880. The number of aryl methyl sites for hydroxylation is 1. The van der Waals surface area contributed by atoms with Crippen LogP contribution in [0.2, 0.25) is 0 Å². The van der Waals surface area contributed by atoms with E-state index in [0.29, 0.717) is 25.0 Å². The highest BCUT2D eigenvalue weighted by molar-refractivity contribution is 5.91. The van der Waals surface area contributed by atoms with E-state index in [1.54, 1.807) is 0 Å². The monoisotopic (exact) mass is 444 g/mol. The lowest BCUT2D eigenvalue weighted by Gasteiger charge is -2.30. The number of nitrogens with one attached hydrogen (secondary N) is 2. The van der Waals surface area contributed by atoms with Gasteiger partial charge in [0.15, 0.2) is 0 Å². The van der Waals surface area contributed by atoms with Crippen LogP contribution in [0.15, 0.2) is 12.1 Å². The van der Waals surface area contributed by atoms with Gasteiger partial charge in [0.25, 0.3) is 0 Å². The molecule has 1 aliphatic rings. The van der Waals surface area contributed by atoms with E-state index in [-0.39, 0.29) is 28.7 Å². The summed E-state index contributed by atoms with van der Waals surface area (Å²) >= 11 is 0. The Kier molecular flexibility index (Phi) is 8.06. The second-order valence-corrected chi connectivity index (χ2v) is 11.7. The van der Waals surface area contributed by atoms with Gasteiger partial charge in [-0.25, -0.2) is 0 Å². The van der Waals surface area contributed by atoms with Crippen LogP contribution >= 0.6 is 0 Å². The maximum Gasteiger partial charge on any atom is 0.245 e. The van der Waals surface area contributed by atoms with Crippen LogP contribution in [0.5, 0.6) is 5.75 Å². The number of amides is 2. The SMILES string of the molecule is CC[C@](C)(NC(=O)CCc1cc(C(C)(C)C)c(O)c(C(C)(C)C)c1)C(=O)NC1CCCC1. The molecule has 2 amide bonds. The van der Waals surface area contributed by atoms with Crippen molar-refractivity contribution in [1.82, 2.24) is 10.6 Å². The first-order valence-corrected chi connectivity index (χ1v) is 12.2. The van der Waals surface area contributed by atoms with Crippen LogP contribution in [0.1, 0.15) is 111 Å². The maximum atomic E-state index is 12.9. The topological polar surface area (TPSA) is 78.4 Å². The van der Waals surface area contributed by atoms with E-state index in [1.165, 1.54) is 0 Å². The lowest BCUT2D eigenvalue weighted by Crippen LogP contribution is -2.58. The van der Waals surface area contributed by atoms with E-state index in [9.17, 15) is 14.7 Å². The minimum atomic E-state index is -0.901. The Labute approximate surface area is 194 Å². The molecular formula is C27H44N2O3. The Bertz CT molecular complexity index is 791. The molecular weight excluding hydrogens is 400 g/mol. The van der Waals surface area contributed by atoms with E-state index >= 15 is 0 Å². The van der Waals surface area contributed by atoms with Crippen molar-refractivity contribution in [1.29, 1.82) is 0 Å². The number of carbonyl (C=O) groups is 2. The number of rotatable bonds is 7. The Balaban J connectivity index is 2.13. The third-order valence-electron chi connectivity index (χ3n) is 6.74. The summed E-state index contributed by atoms with van der Waals surface area (Å²) in [6.45, 7) is 16.2. The molecule has 32 heavy (non-hydrogen) atoms. The van der Waals surface area contributed by atoms with Gasteiger partial charge in [-0.3, -0.25) is 9.59 Å². The summed E-state index contributed by atoms with van der Waals surface area (Å²) in [7, 11) is 0. The number of aromatic hydroxyl groups is 1. The predicted molar refractivity (Wildman–Crippen MR) is 131 cm³/mol. The number of hydrogen-bond donors (Lipinski definition) is 3. The molecule has 1 aromatic rings. The minimum Gasteiger partial charge on any atom is -0.507 e. The van der Waals surface area contributed by atoms with Crippen molar-refractivity contribution in [3.05, 3.63) is 28.8 Å². The van der Waals surface area contributed by atoms with Gasteiger partial charge in [-0.05, 0) is 60.1 Å². The van der Waals surface area contributed by atoms with Gasteiger partial charge < -0.3 is 15.7 Å². The van der Waals surface area contributed by atoms with Gasteiger partial charge in [-0.15, -0.1) is 0 Å². The second-order valence-electron chi connectivity index (χ2n) is 11.7. The molecule has 1 aromatic carbocycles. The van der Waals surface area contributed by atoms with Crippen LogP contribution in [0.3, 0.4) is 0 Å². The first-order chi connectivity index (χ1) is 14.7. The van der Waals surface area contributed by atoms with E-state index in [4.69, 9.17) is 0 Å². The molecule has 3 N–H and O–H groups in total. The van der Waals surface area contributed by atoms with Crippen molar-refractivity contribution in [3.8, 4) is 5.75 Å². The zero-order valence-corrected chi connectivity index (χ0v) is 21.4. The fourth-order valence-electron chi connectivity index (χ4n) is 4.33. The number of carbonyl (C=O) groups excluding carboxylic acids is 2. The molecule has 1 atom stereocenters. The molecule has 0 saturated heterocycles. The molecule has 0 aliphatic heterocycles. The molecule has 1 fully saturated rings. The average Bonchev–Trinajstić information content (AvgIpc) is 3.18. The first-order valence-electron chi connectivity index (χ1n) is 12.2. The van der Waals surface area contributed by atoms with Crippen LogP contribution in [-0.2, 0) is 26.8 Å². The zero-order valence-electron chi connectivity index (χ0n) is 21.4. The predicted octanol–water partition coefficient (Wildman–Crippen LogP) is 5.26. The van der Waals surface area contributed by atoms with Gasteiger partial charge in [0.05, 0.1) is 0 Å². The molecule has 1 saturated carbocycles. The summed E-state index contributed by atoms with van der Waals surface area (Å²) < 4.78 is 0. The van der Waals surface area contributed by atoms with Crippen molar-refractivity contribution >= 4 is 11.8 Å². The van der Waals surface area contributed by atoms with Crippen molar-refractivity contribution < 1.29 is 14.7 Å². The standard InChI is InChI=1S/C27H44N2O3/c1-9-27(8,24(32)28-19-12-10-11-13-19)29-22(30)15-14-18-16-20(25(2,3)4)23(31)21(17-18)26(5,6)7/h16-17,19,31H,9-15H2,1-8H3,(H,28,32)(H,29,30)/t27-/m0/s1. The van der Waals surface area contributed by atoms with Crippen molar-refractivity contribution in [2.75, 3.05) is 0 Å². The van der Waals surface area contributed by atoms with Crippen molar-refractivity contribution in [2.45, 2.75) is 123 Å². The largest absolute Gasteiger partial charge is 0.507 e. The Morgan fingerprint density at radius 3 is 1.91 bits per heavy atom. The molecule has 0 radical (unpaired) electrons. The van der Waals surface area contributed by atoms with Gasteiger partial charge >= 0.3 is 0 Å². The molecule has 180 valence electrons. The number of phenolic OH excluding ortho intramolecular Hbond substituents is 1. The van der Waals surface area contributed by atoms with Gasteiger partial charge in [-0.1, -0.05) is 73.4 Å². The third kappa shape index (κ3) is 6.49. The molecule has 0 unspecified atom stereocenters. The van der Waals surface area contributed by atoms with Gasteiger partial charge in [0.1, 0.15) is 11.3 Å². The summed E-state index contributed by atoms with van der Waals surface area (Å²) in [5.74, 6) is 0.133. The average molecular weight is 445 g/mol. The fraction of sp³-hybridized carbons (Fsp3) is 0.704. The van der Waals surface area contributed by atoms with Crippen LogP contribution < -0.4 is 10.6 Å². The summed E-state index contributed by atoms with van der Waals surface area (Å²) in [6.07, 6.45) is 5.74. The van der Waals surface area contributed by atoms with Gasteiger partial charge in [-0.2, -0.15) is 0 Å². The molecule has 0 spiro atoms. The van der Waals surface area contributed by atoms with Gasteiger partial charge in [0, 0.05) is 12.5 Å². The summed E-state index contributed by atoms with van der Waals surface area (Å²) in [4.78, 5) is 25.7. The lowest BCUT2D eigenvalue weighted by atomic mass is 9.78. The molecule has 0 bridgehead atoms. The van der Waals surface area contributed by atoms with E-state index in [2.05, 4.69) is 52.2 Å². The lowest BCUT2D eigenvalue weighted by molar-refractivity contribution is -0.133. The molecule has 2 rings (SSSR count). The number of hydrogen-bond acceptors (Lipinski definition) is 3. The molecule has 1 aliphatic carbocycles. The van der Waals surface area contributed by atoms with Crippen LogP contribution in [0.25, 0.3) is 0 Å². The number of benzene rings is 1. The summed E-state index contributed by atoms with van der Waals surface area (Å²) in [5, 5.41) is 17.0. The van der Waals surface area contributed by atoms with Gasteiger partial charge in [0.2, 0.25) is 11.8 Å². The second kappa shape index (κ2) is 9.84. The highest BCUT2D eigenvalue weighted by atomic mass is 16.3. The zero-order chi connectivity index (χ0) is 24.3. The van der Waals surface area contributed by atoms with E-state index in [1.807, 2.05) is 26.0 Å². The van der Waals surface area contributed by atoms with Crippen LogP contribution in [-0.4, -0.2) is 28.5 Å². The Morgan fingerprint density at radius 2 is 1.47 bits per heavy atom. The molecule has 5 heteroatoms. The first kappa shape index (κ1) is 26.2. The van der Waals surface area contributed by atoms with E-state index < -0.39 is 5.54 Å². The molecule has 5 nitrogen and oxygen atoms in total. The van der Waals surface area contributed by atoms with Crippen molar-refractivity contribution in [3.63, 3.8) is 0 Å². The maximum absolute atomic E-state index is 12.9. The van der Waals surface area contributed by atoms with E-state index in [0.717, 1.165) is 42.4 Å². The fourth-order valence-corrected chi connectivity index (χ4v) is 4.33. The summed E-state index contributed by atoms with van der Waals surface area (Å²) in [5.41, 5.74) is 1.51. The van der Waals surface area contributed by atoms with Crippen molar-refractivity contribution in [2.24, 2.45) is 0 Å². The smallest absolute Gasteiger partial charge is 0.245 e. The normalized spacial score (nSPS) is 17.1. The Morgan fingerprint density at radius 1 is 0.969 bits per heavy atom. The highest BCUT2D eigenvalue weighted by Crippen LogP contribution is 2.40. The quantitative estimate of drug-likeness (QED) is 0.536. The highest BCUT2D eigenvalue weighted by Gasteiger charge is 2.34. The van der Waals surface area contributed by atoms with Crippen LogP contribution in [0, 0.1) is 0 Å². The number of phenols is 1. The summed E-state index contributed by atoms with van der Waals surface area (Å²) in [6, 6.07) is 4.27. The third-order valence-corrected chi connectivity index (χ3v) is 6.74. The Hall–Kier alpha value is -2.04. The van der Waals surface area contributed by atoms with Crippen LogP contribution in [0.4, 0.5) is 0 Å². The molecule has 0 heterocycles.